The van der Waals surface area contributed by atoms with Crippen LogP contribution in [-0.2, 0) is 9.53 Å². The van der Waals surface area contributed by atoms with Gasteiger partial charge >= 0.3 is 5.97 Å². The third-order valence-electron chi connectivity index (χ3n) is 4.03. The van der Waals surface area contributed by atoms with Gasteiger partial charge in [0, 0.05) is 17.1 Å². The molecule has 6 nitrogen and oxygen atoms in total. The topological polar surface area (TPSA) is 71.5 Å². The Hall–Kier alpha value is -1.60. The Morgan fingerprint density at radius 2 is 2.14 bits per heavy atom. The minimum absolute atomic E-state index is 0.351. The molecule has 1 aliphatic heterocycles. The molecule has 2 heterocycles. The molecule has 0 spiro atoms. The van der Waals surface area contributed by atoms with Crippen LogP contribution in [0, 0.1) is 0 Å². The van der Waals surface area contributed by atoms with Gasteiger partial charge in [0.2, 0.25) is 0 Å². The highest BCUT2D eigenvalue weighted by molar-refractivity contribution is 7.82. The van der Waals surface area contributed by atoms with Crippen LogP contribution >= 0.6 is 12.6 Å². The van der Waals surface area contributed by atoms with Gasteiger partial charge in [0.05, 0.1) is 12.7 Å². The van der Waals surface area contributed by atoms with Gasteiger partial charge < -0.3 is 15.0 Å². The molecule has 0 radical (unpaired) electrons. The number of pyridine rings is 1. The third-order valence-corrected chi connectivity index (χ3v) is 4.73. The fraction of sp³-hybridized carbons (Fsp3) is 0.533. The maximum Gasteiger partial charge on any atom is 0.329 e. The molecule has 0 saturated carbocycles. The fourth-order valence-corrected chi connectivity index (χ4v) is 2.91. The van der Waals surface area contributed by atoms with Crippen LogP contribution in [0.2, 0.25) is 0 Å². The predicted octanol–water partition coefficient (Wildman–Crippen LogP) is 0.747. The maximum atomic E-state index is 12.3. The zero-order chi connectivity index (χ0) is 16.2. The Morgan fingerprint density at radius 3 is 2.68 bits per heavy atom. The molecule has 1 atom stereocenters. The number of piperidine rings is 1. The average molecular weight is 323 g/mol. The summed E-state index contributed by atoms with van der Waals surface area (Å²) in [6, 6.07) is 2.53. The number of ether oxygens (including phenoxy) is 1. The number of rotatable bonds is 4. The number of nitrogens with one attached hydrogen (secondary N) is 1. The van der Waals surface area contributed by atoms with Crippen molar-refractivity contribution >= 4 is 24.5 Å². The molecule has 7 heteroatoms. The van der Waals surface area contributed by atoms with Crippen LogP contribution in [-0.4, -0.2) is 59.8 Å². The lowest BCUT2D eigenvalue weighted by Crippen LogP contribution is -2.58. The number of hydrogen-bond acceptors (Lipinski definition) is 6. The van der Waals surface area contributed by atoms with Gasteiger partial charge in [0.25, 0.3) is 5.91 Å². The largest absolute Gasteiger partial charge is 0.467 e. The van der Waals surface area contributed by atoms with Gasteiger partial charge in [-0.05, 0) is 45.1 Å². The van der Waals surface area contributed by atoms with Crippen LogP contribution in [0.1, 0.15) is 23.2 Å². The number of esters is 1. The number of carbonyl (C=O) groups is 2. The van der Waals surface area contributed by atoms with E-state index in [0.29, 0.717) is 18.4 Å². The van der Waals surface area contributed by atoms with Crippen molar-refractivity contribution in [1.82, 2.24) is 15.2 Å². The van der Waals surface area contributed by atoms with Crippen molar-refractivity contribution in [1.29, 1.82) is 0 Å². The predicted molar refractivity (Wildman–Crippen MR) is 86.0 cm³/mol. The van der Waals surface area contributed by atoms with Crippen LogP contribution in [0.4, 0.5) is 0 Å². The summed E-state index contributed by atoms with van der Waals surface area (Å²) in [5, 5.41) is 2.76. The molecule has 0 aromatic carbocycles. The molecule has 0 aliphatic carbocycles. The van der Waals surface area contributed by atoms with E-state index < -0.39 is 16.8 Å². The summed E-state index contributed by atoms with van der Waals surface area (Å²) in [4.78, 5) is 30.6. The first-order valence-corrected chi connectivity index (χ1v) is 7.60. The molecule has 1 aromatic heterocycles. The zero-order valence-corrected chi connectivity index (χ0v) is 13.7. The van der Waals surface area contributed by atoms with E-state index in [4.69, 9.17) is 17.4 Å². The molecule has 1 N–H and O–H groups in total. The molecule has 120 valence electrons. The lowest BCUT2D eigenvalue weighted by atomic mass is 9.88. The smallest absolute Gasteiger partial charge is 0.329 e. The van der Waals surface area contributed by atoms with Gasteiger partial charge in [0.15, 0.2) is 0 Å². The zero-order valence-electron chi connectivity index (χ0n) is 12.8. The molecule has 1 saturated heterocycles. The van der Waals surface area contributed by atoms with Crippen molar-refractivity contribution in [3.05, 3.63) is 30.1 Å². The number of amides is 1. The fourth-order valence-electron chi connectivity index (χ4n) is 2.54. The van der Waals surface area contributed by atoms with Gasteiger partial charge in [-0.1, -0.05) is 0 Å². The second-order valence-electron chi connectivity index (χ2n) is 5.58. The summed E-state index contributed by atoms with van der Waals surface area (Å²) in [5.41, 5.74) is 0.404. The minimum Gasteiger partial charge on any atom is -0.467 e. The van der Waals surface area contributed by atoms with E-state index in [-0.39, 0.29) is 5.91 Å². The lowest BCUT2D eigenvalue weighted by molar-refractivity contribution is -0.144. The van der Waals surface area contributed by atoms with Crippen LogP contribution < -0.4 is 5.32 Å². The number of hydrogen-bond donors (Lipinski definition) is 2. The number of carbonyl (C=O) groups excluding carboxylic acids is 2. The van der Waals surface area contributed by atoms with Crippen molar-refractivity contribution in [3.63, 3.8) is 0 Å². The monoisotopic (exact) mass is 323 g/mol. The quantitative estimate of drug-likeness (QED) is 0.632. The summed E-state index contributed by atoms with van der Waals surface area (Å²) in [7, 11) is 3.34. The molecule has 1 unspecified atom stereocenters. The first-order chi connectivity index (χ1) is 10.5. The molecule has 1 fully saturated rings. The van der Waals surface area contributed by atoms with Gasteiger partial charge in [-0.3, -0.25) is 9.78 Å². The Labute approximate surface area is 135 Å². The molecular weight excluding hydrogens is 302 g/mol. The molecule has 1 aliphatic rings. The molecule has 22 heavy (non-hydrogen) atoms. The molecule has 1 aromatic rings. The van der Waals surface area contributed by atoms with E-state index >= 15 is 0 Å². The van der Waals surface area contributed by atoms with E-state index in [2.05, 4.69) is 15.2 Å². The van der Waals surface area contributed by atoms with Gasteiger partial charge in [0.1, 0.15) is 6.04 Å². The summed E-state index contributed by atoms with van der Waals surface area (Å²) in [6.45, 7) is 1.64. The van der Waals surface area contributed by atoms with Crippen LogP contribution in [0.5, 0.6) is 0 Å². The second kappa shape index (κ2) is 7.11. The van der Waals surface area contributed by atoms with Gasteiger partial charge in [-0.2, -0.15) is 12.6 Å². The summed E-state index contributed by atoms with van der Waals surface area (Å²) < 4.78 is 4.25. The average Bonchev–Trinajstić information content (AvgIpc) is 2.55. The van der Waals surface area contributed by atoms with Gasteiger partial charge in [-0.25, -0.2) is 4.79 Å². The maximum absolute atomic E-state index is 12.3. The van der Waals surface area contributed by atoms with E-state index in [1.807, 2.05) is 7.05 Å². The van der Waals surface area contributed by atoms with Crippen molar-refractivity contribution < 1.29 is 14.3 Å². The van der Waals surface area contributed by atoms with Crippen LogP contribution in [0.15, 0.2) is 24.5 Å². The van der Waals surface area contributed by atoms with Gasteiger partial charge in [-0.15, -0.1) is 0 Å². The SMILES string of the molecule is COC(=O)C(NC(=O)c1cccnc1)C1(S)CCN(C)CC1. The van der Waals surface area contributed by atoms with Crippen molar-refractivity contribution in [3.8, 4) is 0 Å². The molecule has 0 bridgehead atoms. The Bertz CT molecular complexity index is 530. The summed E-state index contributed by atoms with van der Waals surface area (Å²) in [6.07, 6.45) is 4.44. The number of aromatic nitrogens is 1. The highest BCUT2D eigenvalue weighted by Crippen LogP contribution is 2.32. The van der Waals surface area contributed by atoms with Crippen molar-refractivity contribution in [2.24, 2.45) is 0 Å². The van der Waals surface area contributed by atoms with Crippen LogP contribution in [0.3, 0.4) is 0 Å². The lowest BCUT2D eigenvalue weighted by Gasteiger charge is -2.41. The van der Waals surface area contributed by atoms with E-state index in [1.54, 1.807) is 18.3 Å². The Balaban J connectivity index is 2.16. The number of nitrogens with zero attached hydrogens (tertiary/aromatic N) is 2. The first kappa shape index (κ1) is 16.8. The van der Waals surface area contributed by atoms with Crippen molar-refractivity contribution in [2.75, 3.05) is 27.2 Å². The second-order valence-corrected chi connectivity index (χ2v) is 6.47. The van der Waals surface area contributed by atoms with E-state index in [0.717, 1.165) is 13.1 Å². The molecular formula is C15H21N3O3S. The Kier molecular flexibility index (Phi) is 5.42. The standard InChI is InChI=1S/C15H21N3O3S/c1-18-8-5-15(22,6-9-18)12(14(20)21-2)17-13(19)11-4-3-7-16-10-11/h3-4,7,10,12,22H,5-6,8-9H2,1-2H3,(H,17,19). The Morgan fingerprint density at radius 1 is 1.45 bits per heavy atom. The summed E-state index contributed by atoms with van der Waals surface area (Å²) in [5.74, 6) is -0.826. The third kappa shape index (κ3) is 3.78. The minimum atomic E-state index is -0.790. The molecule has 2 rings (SSSR count). The number of likely N-dealkylation sites (tertiary alicyclic amines) is 1. The highest BCUT2D eigenvalue weighted by atomic mass is 32.1. The number of thiol groups is 1. The first-order valence-electron chi connectivity index (χ1n) is 7.16. The van der Waals surface area contributed by atoms with Crippen molar-refractivity contribution in [2.45, 2.75) is 23.6 Å². The van der Waals surface area contributed by atoms with E-state index in [9.17, 15) is 9.59 Å². The van der Waals surface area contributed by atoms with Crippen LogP contribution in [0.25, 0.3) is 0 Å². The van der Waals surface area contributed by atoms with E-state index in [1.165, 1.54) is 13.3 Å². The number of methoxy groups -OCH3 is 1. The highest BCUT2D eigenvalue weighted by Gasteiger charge is 2.43. The molecule has 1 amide bonds. The summed E-state index contributed by atoms with van der Waals surface area (Å²) >= 11 is 4.71. The normalized spacial score (nSPS) is 19.2.